The molecule has 3 atom stereocenters. The number of carbonyl (C=O) groups is 3. The summed E-state index contributed by atoms with van der Waals surface area (Å²) >= 11 is 0. The summed E-state index contributed by atoms with van der Waals surface area (Å²) in [5, 5.41) is 2.98. The number of carbonyl (C=O) groups excluding carboxylic acids is 3. The molecule has 9 heteroatoms. The topological polar surface area (TPSA) is 127 Å². The molecule has 0 spiro atoms. The highest BCUT2D eigenvalue weighted by atomic mass is 32.2. The first-order valence-corrected chi connectivity index (χ1v) is 9.30. The second kappa shape index (κ2) is 7.87. The molecule has 1 radical (unpaired) electrons. The predicted molar refractivity (Wildman–Crippen MR) is 84.5 cm³/mol. The molecule has 1 saturated heterocycles. The van der Waals surface area contributed by atoms with Crippen molar-refractivity contribution >= 4 is 27.6 Å². The number of nitrogens with two attached hydrogens (primary N) is 1. The molecule has 2 amide bonds. The molecule has 3 N–H and O–H groups in total. The summed E-state index contributed by atoms with van der Waals surface area (Å²) in [5.74, 6) is -2.31. The Bertz CT molecular complexity index is 575. The highest BCUT2D eigenvalue weighted by Gasteiger charge is 2.37. The van der Waals surface area contributed by atoms with E-state index in [0.717, 1.165) is 12.7 Å². The average molecular weight is 346 g/mol. The SMILES string of the molecule is C[C@@H]1CC[C@H](N(C(=O)[CH]C[C@H](C)C(N)=O)S(C)(=O)=O)C(=O)CN1. The number of hydrogen-bond acceptors (Lipinski definition) is 6. The van der Waals surface area contributed by atoms with Crippen LogP contribution in [0.5, 0.6) is 0 Å². The maximum atomic E-state index is 12.3. The largest absolute Gasteiger partial charge is 0.369 e. The minimum atomic E-state index is -3.91. The van der Waals surface area contributed by atoms with E-state index >= 15 is 0 Å². The lowest BCUT2D eigenvalue weighted by atomic mass is 10.0. The van der Waals surface area contributed by atoms with Crippen molar-refractivity contribution in [3.8, 4) is 0 Å². The van der Waals surface area contributed by atoms with Crippen LogP contribution in [0, 0.1) is 12.3 Å². The van der Waals surface area contributed by atoms with E-state index in [1.54, 1.807) is 6.92 Å². The molecule has 1 heterocycles. The predicted octanol–water partition coefficient (Wildman–Crippen LogP) is -0.800. The summed E-state index contributed by atoms with van der Waals surface area (Å²) in [5.41, 5.74) is 5.12. The summed E-state index contributed by atoms with van der Waals surface area (Å²) in [7, 11) is -3.91. The van der Waals surface area contributed by atoms with Crippen molar-refractivity contribution in [2.75, 3.05) is 12.8 Å². The van der Waals surface area contributed by atoms with E-state index in [2.05, 4.69) is 5.32 Å². The Labute approximate surface area is 136 Å². The van der Waals surface area contributed by atoms with Gasteiger partial charge in [0.15, 0.2) is 5.78 Å². The fourth-order valence-corrected chi connectivity index (χ4v) is 3.43. The quantitative estimate of drug-likeness (QED) is 0.648. The normalized spacial score (nSPS) is 23.9. The molecule has 0 bridgehead atoms. The second-order valence-electron chi connectivity index (χ2n) is 5.98. The maximum Gasteiger partial charge on any atom is 0.240 e. The molecule has 8 nitrogen and oxygen atoms in total. The molecular weight excluding hydrogens is 322 g/mol. The Morgan fingerprint density at radius 1 is 1.43 bits per heavy atom. The van der Waals surface area contributed by atoms with E-state index in [0.29, 0.717) is 10.7 Å². The molecule has 0 aromatic heterocycles. The molecule has 1 aliphatic heterocycles. The van der Waals surface area contributed by atoms with Crippen LogP contribution >= 0.6 is 0 Å². The van der Waals surface area contributed by atoms with Gasteiger partial charge in [0.1, 0.15) is 6.04 Å². The molecule has 1 fully saturated rings. The van der Waals surface area contributed by atoms with Gasteiger partial charge >= 0.3 is 0 Å². The summed E-state index contributed by atoms with van der Waals surface area (Å²) in [6, 6.07) is -0.950. The van der Waals surface area contributed by atoms with Crippen molar-refractivity contribution in [2.24, 2.45) is 11.7 Å². The number of amides is 2. The number of primary amides is 1. The molecule has 0 aliphatic carbocycles. The molecular formula is C14H24N3O5S. The van der Waals surface area contributed by atoms with Crippen LogP contribution in [0.3, 0.4) is 0 Å². The third-order valence-electron chi connectivity index (χ3n) is 3.86. The summed E-state index contributed by atoms with van der Waals surface area (Å²) < 4.78 is 24.6. The highest BCUT2D eigenvalue weighted by Crippen LogP contribution is 2.19. The Balaban J connectivity index is 2.94. The fraction of sp³-hybridized carbons (Fsp3) is 0.714. The minimum Gasteiger partial charge on any atom is -0.369 e. The van der Waals surface area contributed by atoms with Crippen LogP contribution in [0.25, 0.3) is 0 Å². The summed E-state index contributed by atoms with van der Waals surface area (Å²) in [6.45, 7) is 3.45. The monoisotopic (exact) mass is 346 g/mol. The van der Waals surface area contributed by atoms with Crippen molar-refractivity contribution in [3.05, 3.63) is 6.42 Å². The number of nitrogens with one attached hydrogen (secondary N) is 1. The van der Waals surface area contributed by atoms with Gasteiger partial charge in [-0.3, -0.25) is 14.4 Å². The molecule has 0 unspecified atom stereocenters. The zero-order valence-corrected chi connectivity index (χ0v) is 14.4. The molecule has 1 rings (SSSR count). The summed E-state index contributed by atoms with van der Waals surface area (Å²) in [4.78, 5) is 35.5. The first-order chi connectivity index (χ1) is 10.5. The molecule has 0 aromatic rings. The van der Waals surface area contributed by atoms with E-state index in [1.165, 1.54) is 0 Å². The van der Waals surface area contributed by atoms with E-state index in [-0.39, 0.29) is 31.2 Å². The van der Waals surface area contributed by atoms with Crippen LogP contribution in [0.2, 0.25) is 0 Å². The Morgan fingerprint density at radius 2 is 2.04 bits per heavy atom. The van der Waals surface area contributed by atoms with Crippen LogP contribution in [0.1, 0.15) is 33.1 Å². The van der Waals surface area contributed by atoms with Gasteiger partial charge in [-0.25, -0.2) is 12.7 Å². The van der Waals surface area contributed by atoms with E-state index in [9.17, 15) is 22.8 Å². The van der Waals surface area contributed by atoms with Crippen molar-refractivity contribution in [1.29, 1.82) is 0 Å². The zero-order valence-electron chi connectivity index (χ0n) is 13.6. The van der Waals surface area contributed by atoms with Gasteiger partial charge in [-0.2, -0.15) is 0 Å². The Hall–Kier alpha value is -1.48. The maximum absolute atomic E-state index is 12.3. The van der Waals surface area contributed by atoms with Crippen LogP contribution in [0.4, 0.5) is 0 Å². The van der Waals surface area contributed by atoms with Crippen molar-refractivity contribution in [1.82, 2.24) is 9.62 Å². The average Bonchev–Trinajstić information content (AvgIpc) is 2.58. The van der Waals surface area contributed by atoms with Gasteiger partial charge in [0.2, 0.25) is 21.8 Å². The Morgan fingerprint density at radius 3 is 2.57 bits per heavy atom. The van der Waals surface area contributed by atoms with Gasteiger partial charge < -0.3 is 11.1 Å². The van der Waals surface area contributed by atoms with Crippen LogP contribution in [0.15, 0.2) is 0 Å². The molecule has 23 heavy (non-hydrogen) atoms. The van der Waals surface area contributed by atoms with Gasteiger partial charge in [0, 0.05) is 12.0 Å². The third-order valence-corrected chi connectivity index (χ3v) is 5.01. The van der Waals surface area contributed by atoms with Crippen molar-refractivity contribution in [2.45, 2.75) is 45.2 Å². The first kappa shape index (κ1) is 19.6. The van der Waals surface area contributed by atoms with Gasteiger partial charge in [-0.1, -0.05) is 6.92 Å². The van der Waals surface area contributed by atoms with Crippen molar-refractivity contribution in [3.63, 3.8) is 0 Å². The van der Waals surface area contributed by atoms with Crippen LogP contribution in [-0.2, 0) is 24.4 Å². The van der Waals surface area contributed by atoms with E-state index in [4.69, 9.17) is 5.73 Å². The number of sulfonamides is 1. The lowest BCUT2D eigenvalue weighted by Gasteiger charge is -2.28. The van der Waals surface area contributed by atoms with Gasteiger partial charge in [-0.15, -0.1) is 0 Å². The van der Waals surface area contributed by atoms with Crippen LogP contribution < -0.4 is 11.1 Å². The Kier molecular flexibility index (Phi) is 6.69. The number of ketones is 1. The van der Waals surface area contributed by atoms with Crippen molar-refractivity contribution < 1.29 is 22.8 Å². The van der Waals surface area contributed by atoms with Gasteiger partial charge in [0.05, 0.1) is 19.2 Å². The molecule has 1 aliphatic rings. The van der Waals surface area contributed by atoms with Gasteiger partial charge in [-0.05, 0) is 26.2 Å². The van der Waals surface area contributed by atoms with Crippen LogP contribution in [-0.4, -0.2) is 55.2 Å². The van der Waals surface area contributed by atoms with E-state index in [1.807, 2.05) is 6.92 Å². The molecule has 0 aromatic carbocycles. The number of nitrogens with zero attached hydrogens (tertiary/aromatic N) is 1. The highest BCUT2D eigenvalue weighted by molar-refractivity contribution is 7.89. The minimum absolute atomic E-state index is 0.0167. The smallest absolute Gasteiger partial charge is 0.240 e. The lowest BCUT2D eigenvalue weighted by molar-refractivity contribution is -0.131. The molecule has 131 valence electrons. The van der Waals surface area contributed by atoms with E-state index < -0.39 is 33.8 Å². The number of rotatable bonds is 6. The second-order valence-corrected chi connectivity index (χ2v) is 7.84. The summed E-state index contributed by atoms with van der Waals surface area (Å²) in [6.07, 6.45) is 2.87. The standard InChI is InChI=1S/C14H24N3O5S/c1-9(14(15)20)4-7-13(19)17(23(3,21)22)11-6-5-10(2)16-8-12(11)18/h7,9-11,16H,4-6,8H2,1-3H3,(H2,15,20)/t9-,10+,11-/m0/s1. The van der Waals surface area contributed by atoms with Gasteiger partial charge in [0.25, 0.3) is 0 Å². The number of hydrogen-bond donors (Lipinski definition) is 2. The number of Topliss-reactive ketones (excluding diaryl/α,β-unsaturated/α-hetero) is 1. The fourth-order valence-electron chi connectivity index (χ4n) is 2.34. The molecule has 0 saturated carbocycles. The third kappa shape index (κ3) is 5.58. The lowest BCUT2D eigenvalue weighted by Crippen LogP contribution is -2.49. The first-order valence-electron chi connectivity index (χ1n) is 7.46. The zero-order chi connectivity index (χ0) is 17.8.